The zero-order valence-electron chi connectivity index (χ0n) is 10.8. The van der Waals surface area contributed by atoms with E-state index in [-0.39, 0.29) is 6.04 Å². The lowest BCUT2D eigenvalue weighted by molar-refractivity contribution is 0.172. The smallest absolute Gasteiger partial charge is 0.159 e. The maximum absolute atomic E-state index is 13.4. The summed E-state index contributed by atoms with van der Waals surface area (Å²) < 4.78 is 26.4. The lowest BCUT2D eigenvalue weighted by Crippen LogP contribution is -2.24. The number of halogens is 2. The first-order valence-corrected chi connectivity index (χ1v) is 6.49. The predicted molar refractivity (Wildman–Crippen MR) is 68.7 cm³/mol. The Bertz CT molecular complexity index is 588. The van der Waals surface area contributed by atoms with Crippen molar-refractivity contribution in [3.63, 3.8) is 0 Å². The van der Waals surface area contributed by atoms with Crippen LogP contribution in [0, 0.1) is 11.6 Å². The van der Waals surface area contributed by atoms with Crippen LogP contribution >= 0.6 is 0 Å². The highest BCUT2D eigenvalue weighted by atomic mass is 19.2. The van der Waals surface area contributed by atoms with Gasteiger partial charge in [-0.05, 0) is 30.2 Å². The number of aromatic amines is 1. The van der Waals surface area contributed by atoms with Gasteiger partial charge in [-0.2, -0.15) is 5.10 Å². The van der Waals surface area contributed by atoms with E-state index in [9.17, 15) is 13.9 Å². The van der Waals surface area contributed by atoms with Gasteiger partial charge in [-0.15, -0.1) is 0 Å². The molecule has 106 valence electrons. The van der Waals surface area contributed by atoms with Crippen molar-refractivity contribution in [2.45, 2.75) is 25.1 Å². The molecule has 0 saturated carbocycles. The molecule has 6 heteroatoms. The van der Waals surface area contributed by atoms with E-state index >= 15 is 0 Å². The Hall–Kier alpha value is -1.79. The standard InChI is InChI=1S/C14H15F2N3O/c15-12-2-1-9(5-13(12)16)14-6-11(20)8-19(14)7-10-3-4-17-18-10/h1-5,11,14,20H,6-8H2,(H,17,18). The van der Waals surface area contributed by atoms with Crippen LogP contribution in [0.25, 0.3) is 0 Å². The van der Waals surface area contributed by atoms with Gasteiger partial charge in [-0.3, -0.25) is 10.00 Å². The molecule has 1 fully saturated rings. The van der Waals surface area contributed by atoms with Gasteiger partial charge in [-0.25, -0.2) is 8.78 Å². The lowest BCUT2D eigenvalue weighted by atomic mass is 10.0. The van der Waals surface area contributed by atoms with Crippen LogP contribution in [0.3, 0.4) is 0 Å². The van der Waals surface area contributed by atoms with E-state index < -0.39 is 17.7 Å². The van der Waals surface area contributed by atoms with Gasteiger partial charge in [0.2, 0.25) is 0 Å². The normalized spacial score (nSPS) is 23.4. The summed E-state index contributed by atoms with van der Waals surface area (Å²) in [6.45, 7) is 1.09. The monoisotopic (exact) mass is 279 g/mol. The molecule has 3 rings (SSSR count). The second-order valence-electron chi connectivity index (χ2n) is 5.09. The Labute approximate surface area is 115 Å². The molecule has 20 heavy (non-hydrogen) atoms. The number of aliphatic hydroxyl groups is 1. The second kappa shape index (κ2) is 5.30. The Morgan fingerprint density at radius 3 is 2.85 bits per heavy atom. The number of benzene rings is 1. The highest BCUT2D eigenvalue weighted by Crippen LogP contribution is 2.33. The van der Waals surface area contributed by atoms with Crippen LogP contribution in [-0.4, -0.2) is 32.9 Å². The summed E-state index contributed by atoms with van der Waals surface area (Å²) in [5.41, 5.74) is 1.60. The number of hydrogen-bond donors (Lipinski definition) is 2. The maximum Gasteiger partial charge on any atom is 0.159 e. The molecule has 0 bridgehead atoms. The molecule has 1 saturated heterocycles. The summed E-state index contributed by atoms with van der Waals surface area (Å²) in [7, 11) is 0. The van der Waals surface area contributed by atoms with Gasteiger partial charge in [0.05, 0.1) is 6.10 Å². The van der Waals surface area contributed by atoms with Crippen molar-refractivity contribution in [1.82, 2.24) is 15.1 Å². The first kappa shape index (κ1) is 13.2. The minimum absolute atomic E-state index is 0.122. The number of rotatable bonds is 3. The van der Waals surface area contributed by atoms with Crippen molar-refractivity contribution in [2.75, 3.05) is 6.54 Å². The van der Waals surface area contributed by atoms with Crippen molar-refractivity contribution in [3.8, 4) is 0 Å². The van der Waals surface area contributed by atoms with Crippen molar-refractivity contribution in [1.29, 1.82) is 0 Å². The third-order valence-corrected chi connectivity index (χ3v) is 3.64. The van der Waals surface area contributed by atoms with E-state index in [2.05, 4.69) is 10.2 Å². The van der Waals surface area contributed by atoms with Crippen LogP contribution in [-0.2, 0) is 6.54 Å². The summed E-state index contributed by atoms with van der Waals surface area (Å²) in [4.78, 5) is 2.03. The van der Waals surface area contributed by atoms with Crippen LogP contribution in [0.5, 0.6) is 0 Å². The van der Waals surface area contributed by atoms with Crippen molar-refractivity contribution >= 4 is 0 Å². The van der Waals surface area contributed by atoms with Crippen LogP contribution in [0.2, 0.25) is 0 Å². The van der Waals surface area contributed by atoms with Crippen LogP contribution in [0.4, 0.5) is 8.78 Å². The Morgan fingerprint density at radius 1 is 1.30 bits per heavy atom. The number of hydrogen-bond acceptors (Lipinski definition) is 3. The summed E-state index contributed by atoms with van der Waals surface area (Å²) in [6, 6.07) is 5.64. The van der Waals surface area contributed by atoms with E-state index in [4.69, 9.17) is 0 Å². The van der Waals surface area contributed by atoms with Gasteiger partial charge < -0.3 is 5.11 Å². The quantitative estimate of drug-likeness (QED) is 0.903. The van der Waals surface area contributed by atoms with E-state index in [1.165, 1.54) is 6.07 Å². The maximum atomic E-state index is 13.4. The molecule has 2 atom stereocenters. The molecule has 1 aromatic heterocycles. The van der Waals surface area contributed by atoms with Gasteiger partial charge in [0.25, 0.3) is 0 Å². The number of nitrogens with one attached hydrogen (secondary N) is 1. The van der Waals surface area contributed by atoms with Gasteiger partial charge >= 0.3 is 0 Å². The van der Waals surface area contributed by atoms with Crippen LogP contribution in [0.15, 0.2) is 30.5 Å². The Morgan fingerprint density at radius 2 is 2.15 bits per heavy atom. The first-order chi connectivity index (χ1) is 9.63. The average molecular weight is 279 g/mol. The molecule has 0 spiro atoms. The third-order valence-electron chi connectivity index (χ3n) is 3.64. The molecule has 2 unspecified atom stereocenters. The van der Waals surface area contributed by atoms with E-state index in [1.807, 2.05) is 11.0 Å². The number of H-pyrrole nitrogens is 1. The molecular weight excluding hydrogens is 264 g/mol. The summed E-state index contributed by atoms with van der Waals surface area (Å²) >= 11 is 0. The van der Waals surface area contributed by atoms with Gasteiger partial charge in [0.15, 0.2) is 11.6 Å². The third kappa shape index (κ3) is 2.57. The second-order valence-corrected chi connectivity index (χ2v) is 5.09. The summed E-state index contributed by atoms with van der Waals surface area (Å²) in [5, 5.41) is 16.6. The number of aromatic nitrogens is 2. The minimum Gasteiger partial charge on any atom is -0.392 e. The predicted octanol–water partition coefficient (Wildman–Crippen LogP) is 2.00. The van der Waals surface area contributed by atoms with Gasteiger partial charge in [0, 0.05) is 31.0 Å². The van der Waals surface area contributed by atoms with Crippen LogP contribution < -0.4 is 0 Å². The molecule has 1 aliphatic rings. The van der Waals surface area contributed by atoms with E-state index in [1.54, 1.807) is 12.3 Å². The molecule has 1 aliphatic heterocycles. The zero-order valence-corrected chi connectivity index (χ0v) is 10.8. The minimum atomic E-state index is -0.856. The van der Waals surface area contributed by atoms with Gasteiger partial charge in [-0.1, -0.05) is 6.07 Å². The fraction of sp³-hybridized carbons (Fsp3) is 0.357. The Balaban J connectivity index is 1.83. The zero-order chi connectivity index (χ0) is 14.1. The van der Waals surface area contributed by atoms with Gasteiger partial charge in [0.1, 0.15) is 0 Å². The molecule has 1 aromatic carbocycles. The first-order valence-electron chi connectivity index (χ1n) is 6.49. The number of likely N-dealkylation sites (tertiary alicyclic amines) is 1. The highest BCUT2D eigenvalue weighted by Gasteiger charge is 2.32. The SMILES string of the molecule is OC1CC(c2ccc(F)c(F)c2)N(Cc2ccn[nH]2)C1. The molecule has 2 aromatic rings. The number of β-amino-alcohol motifs (C(OH)–C–C–N with tert-alkyl or cyclic N) is 1. The summed E-state index contributed by atoms with van der Waals surface area (Å²) in [5.74, 6) is -1.71. The Kier molecular flexibility index (Phi) is 3.50. The molecule has 0 amide bonds. The molecule has 2 N–H and O–H groups in total. The van der Waals surface area contributed by atoms with Crippen LogP contribution in [0.1, 0.15) is 23.7 Å². The highest BCUT2D eigenvalue weighted by molar-refractivity contribution is 5.23. The van der Waals surface area contributed by atoms with E-state index in [0.717, 1.165) is 11.8 Å². The van der Waals surface area contributed by atoms with Crippen molar-refractivity contribution in [2.24, 2.45) is 0 Å². The van der Waals surface area contributed by atoms with E-state index in [0.29, 0.717) is 25.1 Å². The average Bonchev–Trinajstić information content (AvgIpc) is 3.03. The molecule has 4 nitrogen and oxygen atoms in total. The molecule has 0 radical (unpaired) electrons. The lowest BCUT2D eigenvalue weighted by Gasteiger charge is -2.23. The number of nitrogens with zero attached hydrogens (tertiary/aromatic N) is 2. The van der Waals surface area contributed by atoms with Crippen molar-refractivity contribution < 1.29 is 13.9 Å². The number of aliphatic hydroxyl groups excluding tert-OH is 1. The molecule has 2 heterocycles. The molecule has 0 aliphatic carbocycles. The fourth-order valence-corrected chi connectivity index (χ4v) is 2.71. The van der Waals surface area contributed by atoms with Crippen molar-refractivity contribution in [3.05, 3.63) is 53.4 Å². The topological polar surface area (TPSA) is 52.1 Å². The molecular formula is C14H15F2N3O. The largest absolute Gasteiger partial charge is 0.392 e. The summed E-state index contributed by atoms with van der Waals surface area (Å²) in [6.07, 6.45) is 1.71. The fourth-order valence-electron chi connectivity index (χ4n) is 2.71.